The number of benzene rings is 3. The molecule has 6 aromatic rings. The van der Waals surface area contributed by atoms with Crippen LogP contribution in [0.4, 0.5) is 32.3 Å². The number of urea groups is 1. The summed E-state index contributed by atoms with van der Waals surface area (Å²) in [6, 6.07) is 24.5. The van der Waals surface area contributed by atoms with Crippen LogP contribution in [-0.4, -0.2) is 60.8 Å². The van der Waals surface area contributed by atoms with E-state index in [4.69, 9.17) is 9.84 Å². The smallest absolute Gasteiger partial charge is 0.324 e. The average molecular weight is 714 g/mol. The number of nitrogens with one attached hydrogen (secondary N) is 3. The lowest BCUT2D eigenvalue weighted by Crippen LogP contribution is -2.29. The van der Waals surface area contributed by atoms with Crippen LogP contribution in [0.3, 0.4) is 0 Å². The molecule has 13 heteroatoms. The van der Waals surface area contributed by atoms with E-state index in [2.05, 4.69) is 51.7 Å². The zero-order valence-electron chi connectivity index (χ0n) is 29.9. The molecule has 0 bridgehead atoms. The Morgan fingerprint density at radius 3 is 2.42 bits per heavy atom. The minimum atomic E-state index is -1.00. The van der Waals surface area contributed by atoms with Gasteiger partial charge < -0.3 is 20.3 Å². The number of nitrogens with zero attached hydrogens (tertiary/aromatic N) is 6. The average Bonchev–Trinajstić information content (AvgIpc) is 3.78. The molecule has 4 heterocycles. The van der Waals surface area contributed by atoms with Crippen molar-refractivity contribution in [1.82, 2.24) is 29.6 Å². The van der Waals surface area contributed by atoms with Gasteiger partial charge in [-0.25, -0.2) is 28.8 Å². The van der Waals surface area contributed by atoms with Gasteiger partial charge in [0.05, 0.1) is 36.0 Å². The Morgan fingerprint density at radius 2 is 1.70 bits per heavy atom. The van der Waals surface area contributed by atoms with Crippen LogP contribution in [0.1, 0.15) is 54.5 Å². The number of alkyl halides is 1. The minimum absolute atomic E-state index is 0.0784. The summed E-state index contributed by atoms with van der Waals surface area (Å²) in [5, 5.41) is 15.6. The van der Waals surface area contributed by atoms with Gasteiger partial charge >= 0.3 is 6.03 Å². The number of carbonyl (C=O) groups excluding carboxylic acids is 2. The highest BCUT2D eigenvalue weighted by molar-refractivity contribution is 6.07. The number of likely N-dealkylation sites (tertiary alicyclic amines) is 1. The van der Waals surface area contributed by atoms with Gasteiger partial charge in [-0.05, 0) is 55.3 Å². The van der Waals surface area contributed by atoms with Crippen molar-refractivity contribution in [3.8, 4) is 11.4 Å². The van der Waals surface area contributed by atoms with E-state index in [0.717, 1.165) is 33.3 Å². The van der Waals surface area contributed by atoms with E-state index >= 15 is 0 Å². The van der Waals surface area contributed by atoms with Crippen molar-refractivity contribution in [2.24, 2.45) is 0 Å². The molecule has 1 fully saturated rings. The summed E-state index contributed by atoms with van der Waals surface area (Å²) in [5.74, 6) is 1.80. The van der Waals surface area contributed by atoms with Gasteiger partial charge in [0.25, 0.3) is 5.91 Å². The fourth-order valence-corrected chi connectivity index (χ4v) is 5.99. The largest absolute Gasteiger partial charge is 0.488 e. The van der Waals surface area contributed by atoms with Gasteiger partial charge in [0.2, 0.25) is 0 Å². The van der Waals surface area contributed by atoms with Crippen molar-refractivity contribution in [3.63, 3.8) is 0 Å². The van der Waals surface area contributed by atoms with Crippen LogP contribution >= 0.6 is 0 Å². The van der Waals surface area contributed by atoms with Crippen molar-refractivity contribution < 1.29 is 18.7 Å². The Balaban J connectivity index is 1.02. The van der Waals surface area contributed by atoms with Gasteiger partial charge in [0, 0.05) is 35.0 Å². The summed E-state index contributed by atoms with van der Waals surface area (Å²) in [7, 11) is 0. The Labute approximate surface area is 306 Å². The maximum atomic E-state index is 13.5. The first-order valence-electron chi connectivity index (χ1n) is 17.4. The van der Waals surface area contributed by atoms with Gasteiger partial charge in [0.15, 0.2) is 0 Å². The number of ether oxygens (including phenoxy) is 1. The number of carbonyl (C=O) groups is 2. The van der Waals surface area contributed by atoms with Crippen molar-refractivity contribution in [2.45, 2.75) is 52.3 Å². The van der Waals surface area contributed by atoms with E-state index in [1.807, 2.05) is 85.8 Å². The Bertz CT molecular complexity index is 2270. The molecule has 1 atom stereocenters. The number of halogens is 1. The quantitative estimate of drug-likeness (QED) is 0.137. The van der Waals surface area contributed by atoms with E-state index in [0.29, 0.717) is 41.9 Å². The summed E-state index contributed by atoms with van der Waals surface area (Å²) >= 11 is 0. The number of aromatic nitrogens is 5. The van der Waals surface area contributed by atoms with Crippen molar-refractivity contribution in [2.75, 3.05) is 29.0 Å². The van der Waals surface area contributed by atoms with Gasteiger partial charge in [-0.2, -0.15) is 5.10 Å². The second kappa shape index (κ2) is 14.7. The van der Waals surface area contributed by atoms with Gasteiger partial charge in [-0.1, -0.05) is 62.7 Å². The van der Waals surface area contributed by atoms with E-state index in [1.54, 1.807) is 10.9 Å². The molecular formula is C40H40FN9O3. The zero-order valence-corrected chi connectivity index (χ0v) is 29.9. The van der Waals surface area contributed by atoms with E-state index < -0.39 is 12.2 Å². The van der Waals surface area contributed by atoms with Gasteiger partial charge in [-0.3, -0.25) is 10.1 Å². The summed E-state index contributed by atoms with van der Waals surface area (Å²) < 4.78 is 21.6. The third-order valence-electron chi connectivity index (χ3n) is 8.89. The maximum absolute atomic E-state index is 13.5. The maximum Gasteiger partial charge on any atom is 0.324 e. The Kier molecular flexibility index (Phi) is 9.72. The van der Waals surface area contributed by atoms with Gasteiger partial charge in [-0.15, -0.1) is 0 Å². The molecule has 0 saturated carbocycles. The van der Waals surface area contributed by atoms with Crippen LogP contribution in [0.25, 0.3) is 16.5 Å². The molecule has 53 heavy (non-hydrogen) atoms. The lowest BCUT2D eigenvalue weighted by atomic mass is 9.92. The van der Waals surface area contributed by atoms with Crippen molar-refractivity contribution in [1.29, 1.82) is 0 Å². The number of hydrogen-bond acceptors (Lipinski definition) is 8. The van der Waals surface area contributed by atoms with Crippen LogP contribution < -0.4 is 20.7 Å². The van der Waals surface area contributed by atoms with Crippen LogP contribution in [0.5, 0.6) is 5.75 Å². The van der Waals surface area contributed by atoms with E-state index in [1.165, 1.54) is 17.3 Å². The number of fused-ring (bicyclic) bond motifs is 1. The molecular weight excluding hydrogens is 673 g/mol. The Morgan fingerprint density at radius 1 is 0.906 bits per heavy atom. The number of rotatable bonds is 9. The predicted octanol–water partition coefficient (Wildman–Crippen LogP) is 7.97. The molecule has 3 N–H and O–H groups in total. The molecule has 1 aliphatic rings. The molecule has 12 nitrogen and oxygen atoms in total. The molecule has 0 spiro atoms. The van der Waals surface area contributed by atoms with Crippen LogP contribution in [-0.2, 0) is 12.0 Å². The monoisotopic (exact) mass is 713 g/mol. The normalized spacial score (nSPS) is 14.3. The molecule has 3 amide bonds. The Hall–Kier alpha value is -6.37. The molecule has 0 unspecified atom stereocenters. The topological polar surface area (TPSA) is 139 Å². The third kappa shape index (κ3) is 8.09. The van der Waals surface area contributed by atoms with Crippen molar-refractivity contribution in [3.05, 3.63) is 120 Å². The van der Waals surface area contributed by atoms with Crippen LogP contribution in [0, 0.1) is 6.92 Å². The number of aryl methyl sites for hydroxylation is 1. The lowest BCUT2D eigenvalue weighted by molar-refractivity contribution is 0.0776. The first kappa shape index (κ1) is 35.1. The first-order valence-corrected chi connectivity index (χ1v) is 17.4. The fraction of sp³-hybridized carbons (Fsp3) is 0.250. The van der Waals surface area contributed by atoms with E-state index in [-0.39, 0.29) is 30.2 Å². The van der Waals surface area contributed by atoms with Crippen molar-refractivity contribution >= 4 is 45.9 Å². The highest BCUT2D eigenvalue weighted by atomic mass is 19.1. The molecule has 1 saturated heterocycles. The number of anilines is 4. The van der Waals surface area contributed by atoms with Crippen LogP contribution in [0.2, 0.25) is 0 Å². The number of pyridine rings is 1. The standard InChI is InChI=1S/C40H40FN9O3/c1-25-9-11-28(12-10-25)50-37(20-34(48-50)40(2,3)4)47-39(52)45-31-13-14-33(30-8-6-5-7-29(30)31)53-24-26-15-17-42-35(19-26)46-36-22-43-32(21-44-36)38(51)49-18-16-27(41)23-49/h5-15,17,19-22,27H,16,18,23-24H2,1-4H3,(H,42,44,46)(H2,45,47,52)/t27-/m1/s1. The summed E-state index contributed by atoms with van der Waals surface area (Å²) in [6.07, 6.45) is 3.82. The number of amides is 3. The zero-order chi connectivity index (χ0) is 37.1. The molecule has 0 radical (unpaired) electrons. The summed E-state index contributed by atoms with van der Waals surface area (Å²) in [5.41, 5.74) is 4.25. The summed E-state index contributed by atoms with van der Waals surface area (Å²) in [4.78, 5) is 40.4. The second-order valence-electron chi connectivity index (χ2n) is 14.0. The molecule has 0 aliphatic carbocycles. The first-order chi connectivity index (χ1) is 25.5. The molecule has 7 rings (SSSR count). The molecule has 3 aromatic carbocycles. The molecule has 3 aromatic heterocycles. The SMILES string of the molecule is Cc1ccc(-n2nc(C(C)(C)C)cc2NC(=O)Nc2ccc(OCc3ccnc(Nc4cnc(C(=O)N5CC[C@@H](F)C5)cn4)c3)c3ccccc23)cc1. The van der Waals surface area contributed by atoms with Crippen LogP contribution in [0.15, 0.2) is 97.5 Å². The summed E-state index contributed by atoms with van der Waals surface area (Å²) in [6.45, 7) is 8.98. The minimum Gasteiger partial charge on any atom is -0.488 e. The van der Waals surface area contributed by atoms with Gasteiger partial charge in [0.1, 0.15) is 41.7 Å². The third-order valence-corrected chi connectivity index (χ3v) is 8.89. The number of hydrogen-bond donors (Lipinski definition) is 3. The fourth-order valence-electron chi connectivity index (χ4n) is 5.99. The highest BCUT2D eigenvalue weighted by Gasteiger charge is 2.27. The molecule has 270 valence electrons. The van der Waals surface area contributed by atoms with E-state index in [9.17, 15) is 14.0 Å². The molecule has 1 aliphatic heterocycles. The second-order valence-corrected chi connectivity index (χ2v) is 14.0. The lowest BCUT2D eigenvalue weighted by Gasteiger charge is -2.15. The highest BCUT2D eigenvalue weighted by Crippen LogP contribution is 2.33. The predicted molar refractivity (Wildman–Crippen MR) is 203 cm³/mol.